The van der Waals surface area contributed by atoms with Gasteiger partial charge in [0.2, 0.25) is 0 Å². The Morgan fingerprint density at radius 1 is 1.08 bits per heavy atom. The van der Waals surface area contributed by atoms with E-state index in [4.69, 9.17) is 4.65 Å². The van der Waals surface area contributed by atoms with Crippen molar-refractivity contribution >= 4 is 6.69 Å². The molecule has 2 aliphatic heterocycles. The summed E-state index contributed by atoms with van der Waals surface area (Å²) in [6.45, 7) is 1.13. The highest BCUT2D eigenvalue weighted by atomic mass is 16.6. The van der Waals surface area contributed by atoms with Crippen LogP contribution in [0.4, 0.5) is 0 Å². The molecule has 25 heavy (non-hydrogen) atoms. The van der Waals surface area contributed by atoms with E-state index in [0.29, 0.717) is 6.32 Å². The summed E-state index contributed by atoms with van der Waals surface area (Å²) in [5.41, 5.74) is 1.71. The molecule has 0 bridgehead atoms. The molecule has 2 heterocycles. The van der Waals surface area contributed by atoms with Crippen LogP contribution in [0.25, 0.3) is 0 Å². The number of nitrogens with zero attached hydrogens (tertiary/aromatic N) is 1. The van der Waals surface area contributed by atoms with Crippen LogP contribution < -0.4 is 0 Å². The number of unbranched alkanes of at least 4 members (excludes halogenated alkanes) is 1. The molecular weight excluding hydrogens is 309 g/mol. The highest BCUT2D eigenvalue weighted by Gasteiger charge is 2.57. The van der Waals surface area contributed by atoms with Crippen molar-refractivity contribution in [1.82, 2.24) is 4.81 Å². The first-order chi connectivity index (χ1) is 12.2. The fraction of sp³-hybridized carbons (Fsp3) is 0.429. The molecule has 3 nitrogen and oxygen atoms in total. The summed E-state index contributed by atoms with van der Waals surface area (Å²) in [7, 11) is 0. The average Bonchev–Trinajstić information content (AvgIpc) is 3.25. The van der Waals surface area contributed by atoms with E-state index in [2.05, 4.69) is 60.3 Å². The van der Waals surface area contributed by atoms with E-state index in [0.717, 1.165) is 43.4 Å². The molecular formula is C21H27BNO2-. The smallest absolute Gasteiger partial charge is 0.316 e. The molecule has 1 unspecified atom stereocenters. The van der Waals surface area contributed by atoms with E-state index >= 15 is 0 Å². The second-order valence-corrected chi connectivity index (χ2v) is 7.48. The lowest BCUT2D eigenvalue weighted by Gasteiger charge is -2.41. The van der Waals surface area contributed by atoms with Gasteiger partial charge in [0.1, 0.15) is 0 Å². The zero-order chi connectivity index (χ0) is 17.3. The Hall–Kier alpha value is -1.62. The van der Waals surface area contributed by atoms with Crippen molar-refractivity contribution in [3.05, 3.63) is 71.8 Å². The van der Waals surface area contributed by atoms with Crippen molar-refractivity contribution in [3.63, 3.8) is 0 Å². The zero-order valence-corrected chi connectivity index (χ0v) is 15.0. The molecule has 2 atom stereocenters. The summed E-state index contributed by atoms with van der Waals surface area (Å²) in [4.78, 5) is 2.27. The molecule has 0 spiro atoms. The summed E-state index contributed by atoms with van der Waals surface area (Å²) in [6.07, 6.45) is 4.94. The average molecular weight is 336 g/mol. The number of benzene rings is 2. The minimum absolute atomic E-state index is 0.194. The highest BCUT2D eigenvalue weighted by molar-refractivity contribution is 6.64. The van der Waals surface area contributed by atoms with Crippen LogP contribution in [0.1, 0.15) is 43.7 Å². The molecule has 0 aromatic heterocycles. The van der Waals surface area contributed by atoms with Crippen LogP contribution >= 0.6 is 0 Å². The van der Waals surface area contributed by atoms with E-state index < -0.39 is 12.3 Å². The topological polar surface area (TPSA) is 32.7 Å². The van der Waals surface area contributed by atoms with Crippen LogP contribution in [-0.2, 0) is 10.3 Å². The van der Waals surface area contributed by atoms with Gasteiger partial charge in [-0.2, -0.15) is 0 Å². The lowest BCUT2D eigenvalue weighted by Crippen LogP contribution is -2.51. The third-order valence-corrected chi connectivity index (χ3v) is 6.00. The highest BCUT2D eigenvalue weighted by Crippen LogP contribution is 2.52. The fourth-order valence-corrected chi connectivity index (χ4v) is 4.91. The Labute approximate surface area is 150 Å². The van der Waals surface area contributed by atoms with Crippen molar-refractivity contribution < 1.29 is 9.68 Å². The van der Waals surface area contributed by atoms with E-state index in [9.17, 15) is 5.02 Å². The number of hydrogen-bond acceptors (Lipinski definition) is 3. The van der Waals surface area contributed by atoms with Crippen LogP contribution in [0.5, 0.6) is 0 Å². The zero-order valence-electron chi connectivity index (χ0n) is 15.0. The van der Waals surface area contributed by atoms with E-state index in [1.807, 2.05) is 12.1 Å². The Bertz CT molecular complexity index is 669. The number of fused-ring (bicyclic) bond motifs is 1. The van der Waals surface area contributed by atoms with Gasteiger partial charge in [0.25, 0.3) is 0 Å². The van der Waals surface area contributed by atoms with Crippen molar-refractivity contribution in [2.75, 3.05) is 6.54 Å². The molecule has 0 radical (unpaired) electrons. The SMILES string of the molecule is CCCC[B-]1(O)OC(c2ccccc2)(c2ccccc2)[C@@H]2CCCN21. The van der Waals surface area contributed by atoms with Gasteiger partial charge in [0, 0.05) is 6.04 Å². The van der Waals surface area contributed by atoms with Gasteiger partial charge in [-0.1, -0.05) is 80.4 Å². The molecule has 2 aromatic carbocycles. The quantitative estimate of drug-likeness (QED) is 0.833. The molecule has 0 aliphatic carbocycles. The Kier molecular flexibility index (Phi) is 4.44. The van der Waals surface area contributed by atoms with Gasteiger partial charge in [0.05, 0.1) is 5.60 Å². The lowest BCUT2D eigenvalue weighted by molar-refractivity contribution is 0.0831. The van der Waals surface area contributed by atoms with Crippen LogP contribution in [0.2, 0.25) is 6.32 Å². The normalized spacial score (nSPS) is 28.2. The van der Waals surface area contributed by atoms with Crippen LogP contribution in [-0.4, -0.2) is 29.1 Å². The predicted octanol–water partition coefficient (Wildman–Crippen LogP) is 4.16. The summed E-state index contributed by atoms with van der Waals surface area (Å²) >= 11 is 0. The van der Waals surface area contributed by atoms with E-state index in [1.54, 1.807) is 0 Å². The maximum atomic E-state index is 11.5. The molecule has 2 fully saturated rings. The molecule has 4 rings (SSSR count). The van der Waals surface area contributed by atoms with Crippen molar-refractivity contribution in [3.8, 4) is 0 Å². The molecule has 132 valence electrons. The Morgan fingerprint density at radius 3 is 2.24 bits per heavy atom. The molecule has 1 N–H and O–H groups in total. The first-order valence-corrected chi connectivity index (χ1v) is 9.66. The van der Waals surface area contributed by atoms with Gasteiger partial charge >= 0.3 is 6.69 Å². The van der Waals surface area contributed by atoms with Crippen LogP contribution in [0.3, 0.4) is 0 Å². The molecule has 0 saturated carbocycles. The molecule has 2 aliphatic rings. The standard InChI is InChI=1S/C21H27BNO2/c1-2-3-16-22(24)23-17-10-15-20(23)21(25-22,18-11-6-4-7-12-18)19-13-8-5-9-14-19/h4-9,11-14,20,24H,2-3,10,15-17H2,1H3/q-1/t20-,22?/m0/s1. The van der Waals surface area contributed by atoms with Gasteiger partial charge in [-0.15, -0.1) is 6.32 Å². The predicted molar refractivity (Wildman–Crippen MR) is 102 cm³/mol. The second kappa shape index (κ2) is 6.60. The van der Waals surface area contributed by atoms with Crippen LogP contribution in [0, 0.1) is 0 Å². The molecule has 0 amide bonds. The summed E-state index contributed by atoms with van der Waals surface area (Å²) in [5, 5.41) is 11.5. The summed E-state index contributed by atoms with van der Waals surface area (Å²) < 4.78 is 6.72. The molecule has 2 aromatic rings. The fourth-order valence-electron chi connectivity index (χ4n) is 4.91. The maximum Gasteiger partial charge on any atom is 0.316 e. The molecule has 4 heteroatoms. The van der Waals surface area contributed by atoms with Crippen LogP contribution in [0.15, 0.2) is 60.7 Å². The van der Waals surface area contributed by atoms with Crippen molar-refractivity contribution in [1.29, 1.82) is 0 Å². The first kappa shape index (κ1) is 16.8. The third kappa shape index (κ3) is 2.64. The number of rotatable bonds is 5. The maximum absolute atomic E-state index is 11.5. The van der Waals surface area contributed by atoms with Gasteiger partial charge < -0.3 is 14.5 Å². The van der Waals surface area contributed by atoms with Crippen molar-refractivity contribution in [2.45, 2.75) is 50.6 Å². The van der Waals surface area contributed by atoms with Gasteiger partial charge in [-0.3, -0.25) is 0 Å². The van der Waals surface area contributed by atoms with Crippen molar-refractivity contribution in [2.24, 2.45) is 0 Å². The van der Waals surface area contributed by atoms with Gasteiger partial charge in [-0.25, -0.2) is 0 Å². The minimum Gasteiger partial charge on any atom is -0.570 e. The van der Waals surface area contributed by atoms with E-state index in [1.165, 1.54) is 0 Å². The largest absolute Gasteiger partial charge is 0.570 e. The van der Waals surface area contributed by atoms with Gasteiger partial charge in [0.15, 0.2) is 0 Å². The second-order valence-electron chi connectivity index (χ2n) is 7.48. The lowest BCUT2D eigenvalue weighted by atomic mass is 9.65. The van der Waals surface area contributed by atoms with Gasteiger partial charge in [-0.05, 0) is 30.5 Å². The number of hydrogen-bond donors (Lipinski definition) is 1. The summed E-state index contributed by atoms with van der Waals surface area (Å²) in [5.74, 6) is 0. The third-order valence-electron chi connectivity index (χ3n) is 6.00. The monoisotopic (exact) mass is 336 g/mol. The molecule has 2 saturated heterocycles. The minimum atomic E-state index is -1.95. The van der Waals surface area contributed by atoms with E-state index in [-0.39, 0.29) is 6.04 Å². The summed E-state index contributed by atoms with van der Waals surface area (Å²) in [6, 6.07) is 21.1. The first-order valence-electron chi connectivity index (χ1n) is 9.66. The Morgan fingerprint density at radius 2 is 1.68 bits per heavy atom. The Balaban J connectivity index is 1.87.